The minimum Gasteiger partial charge on any atom is -0.507 e. The van der Waals surface area contributed by atoms with Crippen molar-refractivity contribution in [2.75, 3.05) is 26.2 Å². The van der Waals surface area contributed by atoms with E-state index in [1.807, 2.05) is 0 Å². The summed E-state index contributed by atoms with van der Waals surface area (Å²) in [6.45, 7) is 4.33. The SMILES string of the molecule is O=C(O)c1cc(CN2CCN(Cc3ccc(O)c(C(=O)O)c3)CC2)ccc1O. The molecular formula is C20H22N2O6. The second-order valence-corrected chi connectivity index (χ2v) is 6.87. The number of phenols is 2. The molecule has 0 bridgehead atoms. The summed E-state index contributed by atoms with van der Waals surface area (Å²) in [7, 11) is 0. The molecule has 0 amide bonds. The van der Waals surface area contributed by atoms with Gasteiger partial charge >= 0.3 is 11.9 Å². The molecule has 0 unspecified atom stereocenters. The molecule has 0 radical (unpaired) electrons. The number of aromatic carboxylic acids is 2. The lowest BCUT2D eigenvalue weighted by molar-refractivity contribution is 0.0681. The maximum Gasteiger partial charge on any atom is 0.339 e. The Labute approximate surface area is 161 Å². The van der Waals surface area contributed by atoms with Gasteiger partial charge in [-0.1, -0.05) is 12.1 Å². The number of piperazine rings is 1. The predicted octanol–water partition coefficient (Wildman–Crippen LogP) is 1.81. The molecule has 28 heavy (non-hydrogen) atoms. The highest BCUT2D eigenvalue weighted by Crippen LogP contribution is 2.22. The third-order valence-electron chi connectivity index (χ3n) is 4.86. The van der Waals surface area contributed by atoms with E-state index in [4.69, 9.17) is 10.2 Å². The monoisotopic (exact) mass is 386 g/mol. The zero-order valence-electron chi connectivity index (χ0n) is 15.2. The van der Waals surface area contributed by atoms with Crippen LogP contribution in [0.3, 0.4) is 0 Å². The third kappa shape index (κ3) is 4.59. The van der Waals surface area contributed by atoms with Crippen molar-refractivity contribution in [2.24, 2.45) is 0 Å². The zero-order chi connectivity index (χ0) is 20.3. The van der Waals surface area contributed by atoms with Gasteiger partial charge in [0.05, 0.1) is 0 Å². The Bertz CT molecular complexity index is 817. The van der Waals surface area contributed by atoms with E-state index in [-0.39, 0.29) is 22.6 Å². The first kappa shape index (κ1) is 19.7. The molecule has 1 saturated heterocycles. The summed E-state index contributed by atoms with van der Waals surface area (Å²) >= 11 is 0. The Morgan fingerprint density at radius 2 is 1.07 bits per heavy atom. The highest BCUT2D eigenvalue weighted by Gasteiger charge is 2.19. The first-order chi connectivity index (χ1) is 13.3. The van der Waals surface area contributed by atoms with Crippen molar-refractivity contribution in [3.63, 3.8) is 0 Å². The molecule has 0 aliphatic carbocycles. The molecule has 1 aliphatic heterocycles. The number of aromatic hydroxyl groups is 2. The molecule has 1 aliphatic rings. The first-order valence-corrected chi connectivity index (χ1v) is 8.88. The molecular weight excluding hydrogens is 364 g/mol. The highest BCUT2D eigenvalue weighted by molar-refractivity contribution is 5.91. The van der Waals surface area contributed by atoms with Gasteiger partial charge < -0.3 is 20.4 Å². The van der Waals surface area contributed by atoms with Crippen LogP contribution in [-0.4, -0.2) is 68.3 Å². The van der Waals surface area contributed by atoms with E-state index < -0.39 is 11.9 Å². The van der Waals surface area contributed by atoms with E-state index in [0.717, 1.165) is 37.3 Å². The van der Waals surface area contributed by atoms with E-state index in [2.05, 4.69) is 9.80 Å². The van der Waals surface area contributed by atoms with Crippen LogP contribution in [-0.2, 0) is 13.1 Å². The minimum atomic E-state index is -1.15. The topological polar surface area (TPSA) is 122 Å². The molecule has 0 saturated carbocycles. The highest BCUT2D eigenvalue weighted by atomic mass is 16.4. The first-order valence-electron chi connectivity index (χ1n) is 8.88. The summed E-state index contributed by atoms with van der Waals surface area (Å²) < 4.78 is 0. The van der Waals surface area contributed by atoms with Crippen molar-refractivity contribution >= 4 is 11.9 Å². The van der Waals surface area contributed by atoms with Crippen LogP contribution in [0.25, 0.3) is 0 Å². The standard InChI is InChI=1S/C20H22N2O6/c23-17-3-1-13(9-15(17)19(25)26)11-21-5-7-22(8-6-21)12-14-2-4-18(24)16(10-14)20(27)28/h1-4,9-10,23-24H,5-8,11-12H2,(H,25,26)(H,27,28). The fourth-order valence-corrected chi connectivity index (χ4v) is 3.33. The third-order valence-corrected chi connectivity index (χ3v) is 4.86. The summed E-state index contributed by atoms with van der Waals surface area (Å²) in [4.78, 5) is 26.7. The second-order valence-electron chi connectivity index (χ2n) is 6.87. The number of nitrogens with zero attached hydrogens (tertiary/aromatic N) is 2. The lowest BCUT2D eigenvalue weighted by Gasteiger charge is -2.34. The number of carboxylic acid groups (broad SMARTS) is 2. The fourth-order valence-electron chi connectivity index (χ4n) is 3.33. The molecule has 0 aromatic heterocycles. The van der Waals surface area contributed by atoms with Crippen LogP contribution in [0.1, 0.15) is 31.8 Å². The van der Waals surface area contributed by atoms with Gasteiger partial charge in [-0.2, -0.15) is 0 Å². The van der Waals surface area contributed by atoms with Crippen LogP contribution < -0.4 is 0 Å². The number of benzene rings is 2. The zero-order valence-corrected chi connectivity index (χ0v) is 15.2. The Morgan fingerprint density at radius 3 is 1.39 bits per heavy atom. The lowest BCUT2D eigenvalue weighted by Crippen LogP contribution is -2.45. The molecule has 1 fully saturated rings. The van der Waals surface area contributed by atoms with Crippen LogP contribution in [0.5, 0.6) is 11.5 Å². The molecule has 2 aromatic rings. The number of carbonyl (C=O) groups is 2. The largest absolute Gasteiger partial charge is 0.507 e. The Hall–Kier alpha value is -3.10. The summed E-state index contributed by atoms with van der Waals surface area (Å²) in [5.74, 6) is -2.79. The van der Waals surface area contributed by atoms with Gasteiger partial charge in [-0.3, -0.25) is 9.80 Å². The average Bonchev–Trinajstić information content (AvgIpc) is 2.66. The fraction of sp³-hybridized carbons (Fsp3) is 0.300. The van der Waals surface area contributed by atoms with Gasteiger partial charge in [-0.15, -0.1) is 0 Å². The van der Waals surface area contributed by atoms with Gasteiger partial charge in [-0.05, 0) is 35.4 Å². The minimum absolute atomic E-state index is 0.0994. The number of carboxylic acids is 2. The molecule has 0 spiro atoms. The van der Waals surface area contributed by atoms with Gasteiger partial charge in [0.2, 0.25) is 0 Å². The Morgan fingerprint density at radius 1 is 0.714 bits per heavy atom. The van der Waals surface area contributed by atoms with Crippen LogP contribution in [0.2, 0.25) is 0 Å². The Kier molecular flexibility index (Phi) is 5.81. The van der Waals surface area contributed by atoms with Gasteiger partial charge in [-0.25, -0.2) is 9.59 Å². The number of hydrogen-bond acceptors (Lipinski definition) is 6. The van der Waals surface area contributed by atoms with Gasteiger partial charge in [0, 0.05) is 39.3 Å². The number of hydrogen-bond donors (Lipinski definition) is 4. The second kappa shape index (κ2) is 8.28. The van der Waals surface area contributed by atoms with Crippen LogP contribution >= 0.6 is 0 Å². The van der Waals surface area contributed by atoms with E-state index in [0.29, 0.717) is 13.1 Å². The molecule has 8 heteroatoms. The summed E-state index contributed by atoms with van der Waals surface area (Å²) in [6, 6.07) is 9.23. The van der Waals surface area contributed by atoms with Crippen LogP contribution in [0.15, 0.2) is 36.4 Å². The van der Waals surface area contributed by atoms with E-state index in [9.17, 15) is 19.8 Å². The molecule has 148 valence electrons. The van der Waals surface area contributed by atoms with Crippen LogP contribution in [0.4, 0.5) is 0 Å². The smallest absolute Gasteiger partial charge is 0.339 e. The van der Waals surface area contributed by atoms with Gasteiger partial charge in [0.15, 0.2) is 0 Å². The summed E-state index contributed by atoms with van der Waals surface area (Å²) in [5.41, 5.74) is 1.46. The van der Waals surface area contributed by atoms with E-state index in [1.165, 1.54) is 24.3 Å². The predicted molar refractivity (Wildman–Crippen MR) is 101 cm³/mol. The lowest BCUT2D eigenvalue weighted by atomic mass is 10.1. The van der Waals surface area contributed by atoms with E-state index in [1.54, 1.807) is 12.1 Å². The molecule has 1 heterocycles. The van der Waals surface area contributed by atoms with Crippen molar-refractivity contribution in [2.45, 2.75) is 13.1 Å². The number of rotatable bonds is 6. The van der Waals surface area contributed by atoms with E-state index >= 15 is 0 Å². The molecule has 4 N–H and O–H groups in total. The van der Waals surface area contributed by atoms with Crippen molar-refractivity contribution in [3.05, 3.63) is 58.7 Å². The summed E-state index contributed by atoms with van der Waals surface area (Å²) in [6.07, 6.45) is 0. The quantitative estimate of drug-likeness (QED) is 0.593. The maximum absolute atomic E-state index is 11.1. The van der Waals surface area contributed by atoms with Gasteiger partial charge in [0.1, 0.15) is 22.6 Å². The van der Waals surface area contributed by atoms with Crippen molar-refractivity contribution in [1.82, 2.24) is 9.80 Å². The van der Waals surface area contributed by atoms with Gasteiger partial charge in [0.25, 0.3) is 0 Å². The molecule has 8 nitrogen and oxygen atoms in total. The van der Waals surface area contributed by atoms with Crippen molar-refractivity contribution in [1.29, 1.82) is 0 Å². The van der Waals surface area contributed by atoms with Crippen LogP contribution in [0, 0.1) is 0 Å². The maximum atomic E-state index is 11.1. The van der Waals surface area contributed by atoms with Crippen molar-refractivity contribution in [3.8, 4) is 11.5 Å². The molecule has 2 aromatic carbocycles. The molecule has 0 atom stereocenters. The summed E-state index contributed by atoms with van der Waals surface area (Å²) in [5, 5.41) is 37.4. The van der Waals surface area contributed by atoms with Crippen molar-refractivity contribution < 1.29 is 30.0 Å². The Balaban J connectivity index is 1.56. The molecule has 3 rings (SSSR count). The normalized spacial score (nSPS) is 15.4. The average molecular weight is 386 g/mol.